The van der Waals surface area contributed by atoms with Gasteiger partial charge in [-0.25, -0.2) is 0 Å². The van der Waals surface area contributed by atoms with Crippen molar-refractivity contribution in [1.82, 2.24) is 9.88 Å². The van der Waals surface area contributed by atoms with Gasteiger partial charge in [0.2, 0.25) is 11.8 Å². The van der Waals surface area contributed by atoms with Crippen LogP contribution in [0.25, 0.3) is 10.9 Å². The SMILES string of the molecule is CCn1c(O)c(N=NC(=O)[C@@H]2C(=O)NC[C@@H]2c2ccccc2)c2ccccc21. The van der Waals surface area contributed by atoms with E-state index in [0.29, 0.717) is 18.5 Å². The Morgan fingerprint density at radius 1 is 1.18 bits per heavy atom. The van der Waals surface area contributed by atoms with Crippen LogP contribution >= 0.6 is 0 Å². The Morgan fingerprint density at radius 2 is 1.89 bits per heavy atom. The maximum atomic E-state index is 12.7. The van der Waals surface area contributed by atoms with Crippen molar-refractivity contribution in [2.45, 2.75) is 19.4 Å². The lowest BCUT2D eigenvalue weighted by atomic mass is 9.88. The maximum Gasteiger partial charge on any atom is 0.277 e. The molecular formula is C21H20N4O3. The Morgan fingerprint density at radius 3 is 2.64 bits per heavy atom. The van der Waals surface area contributed by atoms with Crippen molar-refractivity contribution in [2.75, 3.05) is 6.54 Å². The highest BCUT2D eigenvalue weighted by Gasteiger charge is 2.41. The minimum Gasteiger partial charge on any atom is -0.493 e. The van der Waals surface area contributed by atoms with Crippen LogP contribution in [0.3, 0.4) is 0 Å². The Bertz CT molecular complexity index is 1070. The molecule has 1 aromatic heterocycles. The van der Waals surface area contributed by atoms with E-state index in [-0.39, 0.29) is 23.4 Å². The van der Waals surface area contributed by atoms with Crippen molar-refractivity contribution in [1.29, 1.82) is 0 Å². The normalized spacial score (nSPS) is 19.4. The van der Waals surface area contributed by atoms with Crippen LogP contribution in [0, 0.1) is 5.92 Å². The first-order valence-electron chi connectivity index (χ1n) is 9.20. The van der Waals surface area contributed by atoms with Gasteiger partial charge in [-0.1, -0.05) is 48.5 Å². The minimum atomic E-state index is -0.923. The molecule has 7 nitrogen and oxygen atoms in total. The third-order valence-corrected chi connectivity index (χ3v) is 5.16. The van der Waals surface area contributed by atoms with Gasteiger partial charge in [0.15, 0.2) is 5.69 Å². The Hall–Kier alpha value is -3.48. The molecule has 2 N–H and O–H groups in total. The molecule has 2 atom stereocenters. The molecule has 2 aromatic carbocycles. The first-order chi connectivity index (χ1) is 13.6. The zero-order valence-corrected chi connectivity index (χ0v) is 15.4. The number of fused-ring (bicyclic) bond motifs is 1. The van der Waals surface area contributed by atoms with Crippen LogP contribution in [0.2, 0.25) is 0 Å². The molecule has 2 amide bonds. The number of nitrogens with zero attached hydrogens (tertiary/aromatic N) is 3. The van der Waals surface area contributed by atoms with Gasteiger partial charge in [0.25, 0.3) is 5.91 Å². The molecule has 3 aromatic rings. The molecule has 142 valence electrons. The quantitative estimate of drug-likeness (QED) is 0.539. The number of azo groups is 1. The number of aromatic nitrogens is 1. The first kappa shape index (κ1) is 17.9. The van der Waals surface area contributed by atoms with Crippen LogP contribution < -0.4 is 5.32 Å². The molecular weight excluding hydrogens is 356 g/mol. The second-order valence-corrected chi connectivity index (χ2v) is 6.71. The van der Waals surface area contributed by atoms with Gasteiger partial charge in [0.1, 0.15) is 5.92 Å². The molecule has 0 bridgehead atoms. The van der Waals surface area contributed by atoms with Crippen molar-refractivity contribution in [3.63, 3.8) is 0 Å². The fraction of sp³-hybridized carbons (Fsp3) is 0.238. The van der Waals surface area contributed by atoms with Crippen LogP contribution in [-0.4, -0.2) is 28.0 Å². The molecule has 0 aliphatic carbocycles. The molecule has 28 heavy (non-hydrogen) atoms. The molecule has 1 fully saturated rings. The largest absolute Gasteiger partial charge is 0.493 e. The molecule has 1 saturated heterocycles. The third-order valence-electron chi connectivity index (χ3n) is 5.16. The maximum absolute atomic E-state index is 12.7. The van der Waals surface area contributed by atoms with Crippen molar-refractivity contribution in [3.8, 4) is 5.88 Å². The van der Waals surface area contributed by atoms with Crippen LogP contribution in [0.15, 0.2) is 64.8 Å². The summed E-state index contributed by atoms with van der Waals surface area (Å²) >= 11 is 0. The number of aryl methyl sites for hydroxylation is 1. The zero-order chi connectivity index (χ0) is 19.7. The van der Waals surface area contributed by atoms with E-state index >= 15 is 0 Å². The highest BCUT2D eigenvalue weighted by atomic mass is 16.3. The van der Waals surface area contributed by atoms with Crippen molar-refractivity contribution >= 4 is 28.4 Å². The van der Waals surface area contributed by atoms with Crippen LogP contribution in [0.4, 0.5) is 5.69 Å². The molecule has 0 unspecified atom stereocenters. The molecule has 0 radical (unpaired) electrons. The van der Waals surface area contributed by atoms with E-state index in [1.54, 1.807) is 4.57 Å². The number of benzene rings is 2. The molecule has 2 heterocycles. The number of aromatic hydroxyl groups is 1. The van der Waals surface area contributed by atoms with Gasteiger partial charge in [0, 0.05) is 24.4 Å². The number of carbonyl (C=O) groups is 2. The van der Waals surface area contributed by atoms with Crippen molar-refractivity contribution in [2.24, 2.45) is 16.1 Å². The van der Waals surface area contributed by atoms with Gasteiger partial charge >= 0.3 is 0 Å². The summed E-state index contributed by atoms with van der Waals surface area (Å²) in [4.78, 5) is 25.0. The average Bonchev–Trinajstić information content (AvgIpc) is 3.24. The lowest BCUT2D eigenvalue weighted by Gasteiger charge is -2.13. The van der Waals surface area contributed by atoms with Gasteiger partial charge in [-0.15, -0.1) is 10.2 Å². The second-order valence-electron chi connectivity index (χ2n) is 6.71. The number of hydrogen-bond donors (Lipinski definition) is 2. The standard InChI is InChI=1S/C21H20N4O3/c1-2-25-16-11-7-6-10-14(16)18(21(25)28)23-24-20(27)17-15(12-22-19(17)26)13-8-4-3-5-9-13/h3-11,15,17,28H,2,12H2,1H3,(H,22,26)/t15-,17+/m1/s1. The summed E-state index contributed by atoms with van der Waals surface area (Å²) < 4.78 is 1.70. The van der Waals surface area contributed by atoms with E-state index in [0.717, 1.165) is 11.1 Å². The van der Waals surface area contributed by atoms with Crippen LogP contribution in [-0.2, 0) is 16.1 Å². The summed E-state index contributed by atoms with van der Waals surface area (Å²) in [6.45, 7) is 2.84. The van der Waals surface area contributed by atoms with E-state index in [1.165, 1.54) is 0 Å². The predicted octanol–water partition coefficient (Wildman–Crippen LogP) is 3.51. The molecule has 0 saturated carbocycles. The Labute approximate surface area is 161 Å². The number of para-hydroxylation sites is 1. The van der Waals surface area contributed by atoms with E-state index in [2.05, 4.69) is 15.5 Å². The Kier molecular flexibility index (Phi) is 4.65. The summed E-state index contributed by atoms with van der Waals surface area (Å²) in [5.74, 6) is -2.22. The number of hydrogen-bond acceptors (Lipinski definition) is 4. The summed E-state index contributed by atoms with van der Waals surface area (Å²) in [5, 5.41) is 21.8. The molecule has 7 heteroatoms. The molecule has 1 aliphatic rings. The second kappa shape index (κ2) is 7.26. The lowest BCUT2D eigenvalue weighted by Crippen LogP contribution is -2.25. The number of rotatable bonds is 4. The zero-order valence-electron chi connectivity index (χ0n) is 15.4. The summed E-state index contributed by atoms with van der Waals surface area (Å²) in [7, 11) is 0. The van der Waals surface area contributed by atoms with Gasteiger partial charge in [-0.05, 0) is 18.6 Å². The van der Waals surface area contributed by atoms with E-state index in [4.69, 9.17) is 0 Å². The van der Waals surface area contributed by atoms with Gasteiger partial charge in [-0.2, -0.15) is 0 Å². The van der Waals surface area contributed by atoms with Gasteiger partial charge in [0.05, 0.1) is 5.52 Å². The predicted molar refractivity (Wildman–Crippen MR) is 104 cm³/mol. The summed E-state index contributed by atoms with van der Waals surface area (Å²) in [6, 6.07) is 16.8. The fourth-order valence-electron chi connectivity index (χ4n) is 3.77. The summed E-state index contributed by atoms with van der Waals surface area (Å²) in [5.41, 5.74) is 1.95. The van der Waals surface area contributed by atoms with Gasteiger partial charge < -0.3 is 15.0 Å². The first-order valence-corrected chi connectivity index (χ1v) is 9.20. The van der Waals surface area contributed by atoms with E-state index < -0.39 is 11.8 Å². The fourth-order valence-corrected chi connectivity index (χ4v) is 3.77. The summed E-state index contributed by atoms with van der Waals surface area (Å²) in [6.07, 6.45) is 0. The van der Waals surface area contributed by atoms with E-state index in [1.807, 2.05) is 61.5 Å². The monoisotopic (exact) mass is 376 g/mol. The molecule has 1 aliphatic heterocycles. The minimum absolute atomic E-state index is 0.0456. The third kappa shape index (κ3) is 2.94. The van der Waals surface area contributed by atoms with Gasteiger partial charge in [-0.3, -0.25) is 9.59 Å². The number of amides is 2. The van der Waals surface area contributed by atoms with Crippen LogP contribution in [0.5, 0.6) is 5.88 Å². The molecule has 0 spiro atoms. The smallest absolute Gasteiger partial charge is 0.277 e. The van der Waals surface area contributed by atoms with E-state index in [9.17, 15) is 14.7 Å². The van der Waals surface area contributed by atoms with Crippen LogP contribution in [0.1, 0.15) is 18.4 Å². The Balaban J connectivity index is 1.67. The number of carbonyl (C=O) groups excluding carboxylic acids is 2. The highest BCUT2D eigenvalue weighted by molar-refractivity contribution is 6.03. The average molecular weight is 376 g/mol. The highest BCUT2D eigenvalue weighted by Crippen LogP contribution is 2.39. The number of nitrogens with one attached hydrogen (secondary N) is 1. The van der Waals surface area contributed by atoms with Crippen molar-refractivity contribution in [3.05, 3.63) is 60.2 Å². The molecule has 4 rings (SSSR count). The topological polar surface area (TPSA) is 96.0 Å². The lowest BCUT2D eigenvalue weighted by molar-refractivity contribution is -0.131. The van der Waals surface area contributed by atoms with Crippen molar-refractivity contribution < 1.29 is 14.7 Å².